The first-order chi connectivity index (χ1) is 18.3. The van der Waals surface area contributed by atoms with E-state index in [9.17, 15) is 0 Å². The average molecular weight is 495 g/mol. The van der Waals surface area contributed by atoms with Crippen LogP contribution in [-0.2, 0) is 0 Å². The average Bonchev–Trinajstić information content (AvgIpc) is 2.96. The highest BCUT2D eigenvalue weighted by molar-refractivity contribution is 6.52. The summed E-state index contributed by atoms with van der Waals surface area (Å²) in [5.41, 5.74) is 4.18. The number of pyridine rings is 3. The maximum atomic E-state index is 4.50. The first kappa shape index (κ1) is 22.7. The highest BCUT2D eigenvalue weighted by atomic mass is 27.2. The maximum Gasteiger partial charge on any atom is 0.856 e. The van der Waals surface area contributed by atoms with Gasteiger partial charge in [-0.3, -0.25) is 27.2 Å². The summed E-state index contributed by atoms with van der Waals surface area (Å²) in [7, 11) is 0. The molecule has 0 aliphatic rings. The van der Waals surface area contributed by atoms with E-state index >= 15 is 0 Å². The Morgan fingerprint density at radius 3 is 1.08 bits per heavy atom. The number of hydrogen-bond acceptors (Lipinski definition) is 9. The standard InChI is InChI=1S/3C9H6N3.Al/c3*10-12-8-5-1-3-7-4-2-6-11-9(7)8;/h3*1-6H;/q3*-1;+3. The molecule has 0 amide bonds. The summed E-state index contributed by atoms with van der Waals surface area (Å²) in [6, 6.07) is 28.9. The van der Waals surface area contributed by atoms with E-state index in [1.54, 1.807) is 18.6 Å². The summed E-state index contributed by atoms with van der Waals surface area (Å²) in [6.45, 7) is 0. The third-order valence-electron chi connectivity index (χ3n) is 5.64. The summed E-state index contributed by atoms with van der Waals surface area (Å²) >= 11 is -2.69. The zero-order valence-electron chi connectivity index (χ0n) is 19.5. The summed E-state index contributed by atoms with van der Waals surface area (Å²) in [5, 5.41) is 16.3. The van der Waals surface area contributed by atoms with Gasteiger partial charge in [0, 0.05) is 34.7 Å². The molecule has 37 heavy (non-hydrogen) atoms. The van der Waals surface area contributed by atoms with Crippen molar-refractivity contribution in [3.8, 4) is 0 Å². The molecule has 0 radical (unpaired) electrons. The number of nitrogens with zero attached hydrogens (tertiary/aromatic N) is 9. The molecule has 0 saturated heterocycles. The molecule has 3 aromatic heterocycles. The molecule has 0 fully saturated rings. The monoisotopic (exact) mass is 495 g/mol. The fourth-order valence-electron chi connectivity index (χ4n) is 3.92. The molecule has 0 spiro atoms. The highest BCUT2D eigenvalue weighted by Gasteiger charge is 2.24. The molecule has 174 valence electrons. The van der Waals surface area contributed by atoms with E-state index in [0.29, 0.717) is 17.1 Å². The first-order valence-electron chi connectivity index (χ1n) is 11.6. The van der Waals surface area contributed by atoms with Crippen LogP contribution in [0, 0.1) is 0 Å². The summed E-state index contributed by atoms with van der Waals surface area (Å²) in [4.78, 5) is 13.4. The quantitative estimate of drug-likeness (QED) is 0.172. The zero-order valence-corrected chi connectivity index (χ0v) is 20.6. The second kappa shape index (κ2) is 10.5. The molecular weight excluding hydrogens is 477 g/mol. The molecular formula is C27H18AlN9. The summed E-state index contributed by atoms with van der Waals surface area (Å²) < 4.78 is 13.5. The van der Waals surface area contributed by atoms with Crippen LogP contribution in [0.25, 0.3) is 32.7 Å². The molecule has 6 rings (SSSR count). The third kappa shape index (κ3) is 4.97. The van der Waals surface area contributed by atoms with Crippen molar-refractivity contribution < 1.29 is 0 Å². The second-order valence-electron chi connectivity index (χ2n) is 8.05. The normalized spacial score (nSPS) is 12.0. The first-order valence-corrected chi connectivity index (χ1v) is 13.1. The van der Waals surface area contributed by atoms with Crippen molar-refractivity contribution in [1.29, 1.82) is 0 Å². The van der Waals surface area contributed by atoms with E-state index < -0.39 is 14.8 Å². The Hall–Kier alpha value is -4.78. The van der Waals surface area contributed by atoms with Crippen LogP contribution in [0.15, 0.2) is 137 Å². The van der Waals surface area contributed by atoms with Crippen molar-refractivity contribution in [3.05, 3.63) is 110 Å². The third-order valence-corrected chi connectivity index (χ3v) is 6.61. The Bertz CT molecular complexity index is 1590. The van der Waals surface area contributed by atoms with Crippen molar-refractivity contribution in [2.24, 2.45) is 27.6 Å². The topological polar surface area (TPSA) is 113 Å². The van der Waals surface area contributed by atoms with Crippen LogP contribution < -0.4 is 0 Å². The molecule has 0 aliphatic carbocycles. The lowest BCUT2D eigenvalue weighted by Gasteiger charge is -2.01. The van der Waals surface area contributed by atoms with Crippen molar-refractivity contribution >= 4 is 64.6 Å². The van der Waals surface area contributed by atoms with Gasteiger partial charge in [-0.1, -0.05) is 54.6 Å². The van der Waals surface area contributed by atoms with Gasteiger partial charge in [0.15, 0.2) is 0 Å². The highest BCUT2D eigenvalue weighted by Crippen LogP contribution is 2.27. The van der Waals surface area contributed by atoms with Gasteiger partial charge in [0.05, 0.1) is 16.6 Å². The minimum Gasteiger partial charge on any atom is -0.254 e. The Balaban J connectivity index is 1.39. The molecule has 0 atom stereocenters. The van der Waals surface area contributed by atoms with Crippen LogP contribution in [0.1, 0.15) is 0 Å². The number of rotatable bonds is 6. The molecule has 0 bridgehead atoms. The molecule has 0 aliphatic heterocycles. The molecule has 10 heteroatoms. The number of aromatic nitrogens is 3. The van der Waals surface area contributed by atoms with E-state index in [2.05, 4.69) is 42.6 Å². The molecule has 0 unspecified atom stereocenters. The number of benzene rings is 3. The minimum absolute atomic E-state index is 0.639. The number of para-hydroxylation sites is 3. The van der Waals surface area contributed by atoms with Crippen LogP contribution in [-0.4, -0.2) is 29.8 Å². The lowest BCUT2D eigenvalue weighted by Crippen LogP contribution is -2.00. The van der Waals surface area contributed by atoms with Gasteiger partial charge >= 0.3 is 14.8 Å². The molecule has 0 N–H and O–H groups in total. The van der Waals surface area contributed by atoms with E-state index in [1.807, 2.05) is 91.0 Å². The van der Waals surface area contributed by atoms with Gasteiger partial charge in [-0.15, -0.1) is 0 Å². The van der Waals surface area contributed by atoms with Gasteiger partial charge in [0.25, 0.3) is 0 Å². The number of hydrogen-bond donors (Lipinski definition) is 0. The van der Waals surface area contributed by atoms with Gasteiger partial charge in [-0.05, 0) is 36.4 Å². The molecule has 6 aromatic rings. The summed E-state index contributed by atoms with van der Waals surface area (Å²) in [5.74, 6) is 0. The van der Waals surface area contributed by atoms with Crippen molar-refractivity contribution in [3.63, 3.8) is 0 Å². The van der Waals surface area contributed by atoms with Gasteiger partial charge < -0.3 is 0 Å². The largest absolute Gasteiger partial charge is 0.856 e. The van der Waals surface area contributed by atoms with Gasteiger partial charge in [0.1, 0.15) is 17.1 Å². The molecule has 0 saturated carbocycles. The van der Waals surface area contributed by atoms with Gasteiger partial charge in [0.2, 0.25) is 0 Å². The van der Waals surface area contributed by atoms with Crippen molar-refractivity contribution in [2.75, 3.05) is 0 Å². The predicted octanol–water partition coefficient (Wildman–Crippen LogP) is 7.97. The van der Waals surface area contributed by atoms with E-state index in [1.165, 1.54) is 0 Å². The Morgan fingerprint density at radius 1 is 0.405 bits per heavy atom. The Morgan fingerprint density at radius 2 is 0.730 bits per heavy atom. The lowest BCUT2D eigenvalue weighted by molar-refractivity contribution is 1.16. The van der Waals surface area contributed by atoms with E-state index in [4.69, 9.17) is 0 Å². The Kier molecular flexibility index (Phi) is 6.41. The van der Waals surface area contributed by atoms with Gasteiger partial charge in [-0.25, -0.2) is 0 Å². The van der Waals surface area contributed by atoms with Crippen LogP contribution >= 0.6 is 0 Å². The number of fused-ring (bicyclic) bond motifs is 3. The summed E-state index contributed by atoms with van der Waals surface area (Å²) in [6.07, 6.45) is 5.20. The van der Waals surface area contributed by atoms with Crippen LogP contribution in [0.3, 0.4) is 0 Å². The van der Waals surface area contributed by atoms with Crippen molar-refractivity contribution in [2.45, 2.75) is 0 Å². The second-order valence-corrected chi connectivity index (χ2v) is 9.44. The van der Waals surface area contributed by atoms with Crippen molar-refractivity contribution in [1.82, 2.24) is 15.0 Å². The van der Waals surface area contributed by atoms with E-state index in [0.717, 1.165) is 32.7 Å². The zero-order chi connectivity index (χ0) is 24.9. The SMILES string of the molecule is c1cnc2c(/N=[N]/[Al](/[N]=N/c3cccc4cccnc34)/[N]=N/c3cccc4cccnc34)cccc2c1. The fraction of sp³-hybridized carbons (Fsp3) is 0. The van der Waals surface area contributed by atoms with Gasteiger partial charge in [-0.2, -0.15) is 15.3 Å². The minimum atomic E-state index is -2.69. The molecule has 3 heterocycles. The molecule has 3 aromatic carbocycles. The van der Waals surface area contributed by atoms with Crippen LogP contribution in [0.5, 0.6) is 0 Å². The Labute approximate surface area is 216 Å². The smallest absolute Gasteiger partial charge is 0.254 e. The van der Waals surface area contributed by atoms with E-state index in [-0.39, 0.29) is 0 Å². The fourth-order valence-corrected chi connectivity index (χ4v) is 4.74. The molecule has 9 nitrogen and oxygen atoms in total. The van der Waals surface area contributed by atoms with Crippen LogP contribution in [0.4, 0.5) is 17.1 Å². The maximum absolute atomic E-state index is 4.50. The lowest BCUT2D eigenvalue weighted by atomic mass is 10.2. The predicted molar refractivity (Wildman–Crippen MR) is 145 cm³/mol. The van der Waals surface area contributed by atoms with Crippen LogP contribution in [0.2, 0.25) is 0 Å².